The number of thiophene rings is 1. The van der Waals surface area contributed by atoms with Crippen LogP contribution in [-0.2, 0) is 15.6 Å². The van der Waals surface area contributed by atoms with Gasteiger partial charge in [-0.3, -0.25) is 4.79 Å². The van der Waals surface area contributed by atoms with Gasteiger partial charge in [-0.1, -0.05) is 12.1 Å². The summed E-state index contributed by atoms with van der Waals surface area (Å²) in [5.74, 6) is -0.330. The molecule has 1 aromatic carbocycles. The number of rotatable bonds is 2. The average Bonchev–Trinajstić information content (AvgIpc) is 3.08. The first-order valence-corrected chi connectivity index (χ1v) is 9.89. The summed E-state index contributed by atoms with van der Waals surface area (Å²) < 4.78 is 24.6. The number of benzene rings is 1. The van der Waals surface area contributed by atoms with Crippen LogP contribution in [0.15, 0.2) is 30.5 Å². The minimum absolute atomic E-state index is 0.0710. The minimum atomic E-state index is -3.34. The maximum Gasteiger partial charge on any atom is 0.251 e. The van der Waals surface area contributed by atoms with Crippen molar-refractivity contribution in [3.05, 3.63) is 47.2 Å². The lowest BCUT2D eigenvalue weighted by Gasteiger charge is -2.04. The molecule has 3 aromatic rings. The van der Waals surface area contributed by atoms with E-state index in [2.05, 4.69) is 4.98 Å². The molecule has 9 heteroatoms. The number of primary amides is 1. The molecule has 2 aromatic heterocycles. The lowest BCUT2D eigenvalue weighted by molar-refractivity contribution is 0.100. The Morgan fingerprint density at radius 1 is 1.28 bits per heavy atom. The van der Waals surface area contributed by atoms with Crippen LogP contribution in [0.3, 0.4) is 0 Å². The zero-order valence-corrected chi connectivity index (χ0v) is 14.5. The first-order valence-electron chi connectivity index (χ1n) is 7.36. The number of sulfone groups is 1. The molecule has 1 amide bonds. The maximum atomic E-state index is 12.0. The summed E-state index contributed by atoms with van der Waals surface area (Å²) in [5, 5.41) is -0.318. The van der Waals surface area contributed by atoms with E-state index in [4.69, 9.17) is 17.2 Å². The Kier molecular flexibility index (Phi) is 3.36. The molecule has 3 heterocycles. The molecule has 0 fully saturated rings. The number of carbonyl (C=O) groups excluding carboxylic acids is 1. The molecule has 0 aliphatic carbocycles. The van der Waals surface area contributed by atoms with Crippen molar-refractivity contribution < 1.29 is 13.2 Å². The topological polar surface area (TPSA) is 142 Å². The first kappa shape index (κ1) is 16.0. The smallest absolute Gasteiger partial charge is 0.251 e. The second-order valence-corrected chi connectivity index (χ2v) is 9.09. The number of pyridine rings is 1. The van der Waals surface area contributed by atoms with Crippen molar-refractivity contribution in [1.82, 2.24) is 4.98 Å². The Bertz CT molecular complexity index is 1150. The summed E-state index contributed by atoms with van der Waals surface area (Å²) >= 11 is 1.36. The fourth-order valence-electron chi connectivity index (χ4n) is 3.02. The van der Waals surface area contributed by atoms with Gasteiger partial charge in [0.05, 0.1) is 16.0 Å². The van der Waals surface area contributed by atoms with E-state index in [-0.39, 0.29) is 5.75 Å². The third kappa shape index (κ3) is 2.39. The van der Waals surface area contributed by atoms with Gasteiger partial charge in [0.15, 0.2) is 9.84 Å². The number of fused-ring (bicyclic) bond motifs is 2. The second-order valence-electron chi connectivity index (χ2n) is 5.92. The van der Waals surface area contributed by atoms with E-state index in [1.807, 2.05) is 18.2 Å². The van der Waals surface area contributed by atoms with Crippen molar-refractivity contribution >= 4 is 43.0 Å². The van der Waals surface area contributed by atoms with Crippen LogP contribution in [0.5, 0.6) is 0 Å². The molecule has 7 nitrogen and oxygen atoms in total. The van der Waals surface area contributed by atoms with Crippen LogP contribution >= 0.6 is 11.3 Å². The third-order valence-corrected chi connectivity index (χ3v) is 7.29. The van der Waals surface area contributed by atoms with Gasteiger partial charge < -0.3 is 17.2 Å². The molecule has 128 valence electrons. The largest absolute Gasteiger partial charge is 0.383 e. The van der Waals surface area contributed by atoms with Crippen molar-refractivity contribution in [3.63, 3.8) is 0 Å². The van der Waals surface area contributed by atoms with Gasteiger partial charge in [-0.25, -0.2) is 13.4 Å². The van der Waals surface area contributed by atoms with Crippen molar-refractivity contribution in [2.75, 3.05) is 5.73 Å². The van der Waals surface area contributed by atoms with E-state index in [1.165, 1.54) is 17.5 Å². The summed E-state index contributed by atoms with van der Waals surface area (Å²) in [6.07, 6.45) is 1.37. The quantitative estimate of drug-likeness (QED) is 0.621. The van der Waals surface area contributed by atoms with E-state index in [0.717, 1.165) is 10.4 Å². The first-order chi connectivity index (χ1) is 11.8. The summed E-state index contributed by atoms with van der Waals surface area (Å²) in [7, 11) is -3.34. The molecule has 1 unspecified atom stereocenters. The van der Waals surface area contributed by atoms with E-state index in [1.54, 1.807) is 6.07 Å². The fraction of sp³-hybridized carbons (Fsp3) is 0.125. The standard InChI is InChI=1S/C16H14N4O3S2/c17-14-10-4-12(24-13(10)11(5-20-14)15(18)21)7-1-2-9-8(3-7)6-25(22,23)16(9)19/h1-5,16H,6,19H2,(H2,17,20)(H2,18,21). The lowest BCUT2D eigenvalue weighted by atomic mass is 10.0. The highest BCUT2D eigenvalue weighted by Gasteiger charge is 2.33. The molecule has 1 aliphatic rings. The fourth-order valence-corrected chi connectivity index (χ4v) is 5.68. The zero-order chi connectivity index (χ0) is 17.9. The van der Waals surface area contributed by atoms with E-state index in [0.29, 0.717) is 32.6 Å². The van der Waals surface area contributed by atoms with Gasteiger partial charge in [0.25, 0.3) is 5.91 Å². The number of nitrogen functional groups attached to an aromatic ring is 1. The number of nitrogens with two attached hydrogens (primary N) is 3. The number of carbonyl (C=O) groups is 1. The molecule has 0 saturated heterocycles. The molecule has 0 saturated carbocycles. The predicted molar refractivity (Wildman–Crippen MR) is 97.5 cm³/mol. The van der Waals surface area contributed by atoms with E-state index in [9.17, 15) is 13.2 Å². The minimum Gasteiger partial charge on any atom is -0.383 e. The van der Waals surface area contributed by atoms with Gasteiger partial charge in [-0.05, 0) is 28.8 Å². The summed E-state index contributed by atoms with van der Waals surface area (Å²) in [6, 6.07) is 7.20. The number of hydrogen-bond donors (Lipinski definition) is 3. The van der Waals surface area contributed by atoms with Gasteiger partial charge in [-0.2, -0.15) is 0 Å². The Balaban J connectivity index is 1.88. The Labute approximate surface area is 147 Å². The molecule has 0 bridgehead atoms. The van der Waals surface area contributed by atoms with E-state index >= 15 is 0 Å². The normalized spacial score (nSPS) is 18.4. The molecule has 1 aliphatic heterocycles. The van der Waals surface area contributed by atoms with Crippen LogP contribution in [-0.4, -0.2) is 19.3 Å². The number of amides is 1. The average molecular weight is 374 g/mol. The van der Waals surface area contributed by atoms with Gasteiger partial charge in [0.2, 0.25) is 0 Å². The van der Waals surface area contributed by atoms with Crippen molar-refractivity contribution in [3.8, 4) is 10.4 Å². The van der Waals surface area contributed by atoms with Crippen LogP contribution in [0.4, 0.5) is 5.82 Å². The summed E-state index contributed by atoms with van der Waals surface area (Å²) in [4.78, 5) is 16.5. The molecule has 0 radical (unpaired) electrons. The highest BCUT2D eigenvalue weighted by molar-refractivity contribution is 7.91. The second kappa shape index (κ2) is 5.25. The third-order valence-electron chi connectivity index (χ3n) is 4.33. The number of aromatic nitrogens is 1. The van der Waals surface area contributed by atoms with Gasteiger partial charge in [0, 0.05) is 16.5 Å². The van der Waals surface area contributed by atoms with Crippen LogP contribution < -0.4 is 17.2 Å². The van der Waals surface area contributed by atoms with Crippen molar-refractivity contribution in [1.29, 1.82) is 0 Å². The van der Waals surface area contributed by atoms with Gasteiger partial charge in [-0.15, -0.1) is 11.3 Å². The molecule has 1 atom stereocenters. The Hall–Kier alpha value is -2.49. The SMILES string of the molecule is NC(=O)c1cnc(N)c2cc(-c3ccc4c(c3)CS(=O)(=O)C4N)sc12. The maximum absolute atomic E-state index is 12.0. The van der Waals surface area contributed by atoms with Crippen molar-refractivity contribution in [2.24, 2.45) is 11.5 Å². The van der Waals surface area contributed by atoms with Gasteiger partial charge in [0.1, 0.15) is 11.2 Å². The van der Waals surface area contributed by atoms with E-state index < -0.39 is 21.1 Å². The predicted octanol–water partition coefficient (Wildman–Crippen LogP) is 1.53. The highest BCUT2D eigenvalue weighted by atomic mass is 32.2. The van der Waals surface area contributed by atoms with Crippen LogP contribution in [0.2, 0.25) is 0 Å². The molecule has 25 heavy (non-hydrogen) atoms. The Morgan fingerprint density at radius 2 is 2.04 bits per heavy atom. The number of anilines is 1. The van der Waals surface area contributed by atoms with Crippen LogP contribution in [0.25, 0.3) is 20.5 Å². The lowest BCUT2D eigenvalue weighted by Crippen LogP contribution is -2.16. The van der Waals surface area contributed by atoms with Crippen LogP contribution in [0.1, 0.15) is 26.9 Å². The molecular weight excluding hydrogens is 360 g/mol. The molecular formula is C16H14N4O3S2. The molecule has 0 spiro atoms. The highest BCUT2D eigenvalue weighted by Crippen LogP contribution is 2.40. The monoisotopic (exact) mass is 374 g/mol. The molecule has 4 rings (SSSR count). The summed E-state index contributed by atoms with van der Waals surface area (Å²) in [6.45, 7) is 0. The Morgan fingerprint density at radius 3 is 2.76 bits per heavy atom. The van der Waals surface area contributed by atoms with Crippen molar-refractivity contribution in [2.45, 2.75) is 11.1 Å². The number of hydrogen-bond acceptors (Lipinski definition) is 7. The molecule has 6 N–H and O–H groups in total. The zero-order valence-electron chi connectivity index (χ0n) is 12.9. The van der Waals surface area contributed by atoms with Crippen LogP contribution in [0, 0.1) is 0 Å². The number of nitrogens with zero attached hydrogens (tertiary/aromatic N) is 1. The van der Waals surface area contributed by atoms with Gasteiger partial charge >= 0.3 is 0 Å². The summed E-state index contributed by atoms with van der Waals surface area (Å²) in [5.41, 5.74) is 19.6.